The molecule has 0 amide bonds. The molecule has 0 spiro atoms. The van der Waals surface area contributed by atoms with Gasteiger partial charge in [0.15, 0.2) is 12.3 Å². The first kappa shape index (κ1) is 16.0. The van der Waals surface area contributed by atoms with Crippen molar-refractivity contribution in [2.45, 2.75) is 6.04 Å². The van der Waals surface area contributed by atoms with E-state index in [1.165, 1.54) is 20.3 Å². The number of carbonyl (C=O) groups is 3. The Morgan fingerprint density at radius 2 is 1.92 bits per heavy atom. The summed E-state index contributed by atoms with van der Waals surface area (Å²) in [6.07, 6.45) is 2.14. The van der Waals surface area contributed by atoms with Crippen LogP contribution in [0.3, 0.4) is 0 Å². The molecule has 2 aromatic heterocycles. The van der Waals surface area contributed by atoms with Crippen LogP contribution in [0, 0.1) is 0 Å². The summed E-state index contributed by atoms with van der Waals surface area (Å²) in [6, 6.07) is 8.12. The Morgan fingerprint density at radius 3 is 2.62 bits per heavy atom. The van der Waals surface area contributed by atoms with E-state index in [0.717, 1.165) is 16.3 Å². The first-order chi connectivity index (χ1) is 12.6. The van der Waals surface area contributed by atoms with E-state index >= 15 is 0 Å². The number of hydrogen-bond acceptors (Lipinski definition) is 6. The number of nitrogens with zero attached hydrogens (tertiary/aromatic N) is 2. The highest BCUT2D eigenvalue weighted by atomic mass is 16.5. The Balaban J connectivity index is 2.19. The van der Waals surface area contributed by atoms with Gasteiger partial charge in [-0.3, -0.25) is 4.79 Å². The van der Waals surface area contributed by atoms with Gasteiger partial charge in [-0.2, -0.15) is 0 Å². The summed E-state index contributed by atoms with van der Waals surface area (Å²) in [5.74, 6) is -1.25. The number of carbonyl (C=O) groups excluding carboxylic acids is 3. The fourth-order valence-corrected chi connectivity index (χ4v) is 3.50. The molecule has 1 aromatic carbocycles. The second kappa shape index (κ2) is 5.80. The van der Waals surface area contributed by atoms with Crippen LogP contribution in [-0.2, 0) is 19.1 Å². The molecule has 0 saturated carbocycles. The molecular formula is C19H14N2O5. The van der Waals surface area contributed by atoms with E-state index < -0.39 is 18.0 Å². The number of fused-ring (bicyclic) bond motifs is 3. The van der Waals surface area contributed by atoms with Crippen LogP contribution < -0.4 is 0 Å². The van der Waals surface area contributed by atoms with E-state index in [-0.39, 0.29) is 11.3 Å². The molecule has 0 bridgehead atoms. The summed E-state index contributed by atoms with van der Waals surface area (Å²) >= 11 is 0. The van der Waals surface area contributed by atoms with Crippen molar-refractivity contribution >= 4 is 46.1 Å². The molecule has 1 atom stereocenters. The Kier molecular flexibility index (Phi) is 3.57. The van der Waals surface area contributed by atoms with Crippen molar-refractivity contribution in [2.24, 2.45) is 0 Å². The minimum absolute atomic E-state index is 0.102. The lowest BCUT2D eigenvalue weighted by atomic mass is 10.0. The third kappa shape index (κ3) is 2.07. The SMILES string of the molecule is COC(=O)C1=Cc2nc(C=O)cc3c4ccccc4n(c23)C1C(=O)OC. The fourth-order valence-electron chi connectivity index (χ4n) is 3.50. The maximum atomic E-state index is 12.5. The number of para-hydroxylation sites is 1. The van der Waals surface area contributed by atoms with Gasteiger partial charge in [0, 0.05) is 10.8 Å². The Bertz CT molecular complexity index is 1130. The molecule has 4 rings (SSSR count). The maximum Gasteiger partial charge on any atom is 0.336 e. The molecule has 7 nitrogen and oxygen atoms in total. The average molecular weight is 350 g/mol. The quantitative estimate of drug-likeness (QED) is 0.532. The predicted octanol–water partition coefficient (Wildman–Crippen LogP) is 2.29. The summed E-state index contributed by atoms with van der Waals surface area (Å²) < 4.78 is 11.5. The number of hydrogen-bond donors (Lipinski definition) is 0. The molecule has 1 aliphatic heterocycles. The molecular weight excluding hydrogens is 336 g/mol. The molecule has 0 saturated heterocycles. The van der Waals surface area contributed by atoms with Crippen molar-refractivity contribution in [3.8, 4) is 0 Å². The highest BCUT2D eigenvalue weighted by Crippen LogP contribution is 2.40. The van der Waals surface area contributed by atoms with Crippen LogP contribution in [0.2, 0.25) is 0 Å². The summed E-state index contributed by atoms with van der Waals surface area (Å²) in [4.78, 5) is 40.5. The van der Waals surface area contributed by atoms with Gasteiger partial charge in [0.05, 0.1) is 36.5 Å². The molecule has 0 N–H and O–H groups in total. The van der Waals surface area contributed by atoms with Crippen molar-refractivity contribution in [1.29, 1.82) is 0 Å². The zero-order chi connectivity index (χ0) is 18.4. The molecule has 0 radical (unpaired) electrons. The van der Waals surface area contributed by atoms with E-state index in [0.29, 0.717) is 17.5 Å². The second-order valence-electron chi connectivity index (χ2n) is 5.85. The van der Waals surface area contributed by atoms with Crippen LogP contribution >= 0.6 is 0 Å². The van der Waals surface area contributed by atoms with Gasteiger partial charge in [0.25, 0.3) is 0 Å². The normalized spacial score (nSPS) is 15.6. The maximum absolute atomic E-state index is 12.5. The summed E-state index contributed by atoms with van der Waals surface area (Å²) in [6.45, 7) is 0. The van der Waals surface area contributed by atoms with E-state index in [1.807, 2.05) is 24.3 Å². The zero-order valence-corrected chi connectivity index (χ0v) is 14.1. The van der Waals surface area contributed by atoms with Crippen LogP contribution in [0.4, 0.5) is 0 Å². The number of aldehydes is 1. The third-order valence-corrected chi connectivity index (χ3v) is 4.55. The van der Waals surface area contributed by atoms with Crippen LogP contribution in [-0.4, -0.2) is 42.0 Å². The number of esters is 2. The zero-order valence-electron chi connectivity index (χ0n) is 14.1. The summed E-state index contributed by atoms with van der Waals surface area (Å²) in [7, 11) is 2.51. The van der Waals surface area contributed by atoms with E-state index in [4.69, 9.17) is 9.47 Å². The minimum atomic E-state index is -0.994. The lowest BCUT2D eigenvalue weighted by Crippen LogP contribution is -2.29. The van der Waals surface area contributed by atoms with Crippen LogP contribution in [0.25, 0.3) is 27.9 Å². The van der Waals surface area contributed by atoms with E-state index in [9.17, 15) is 14.4 Å². The molecule has 7 heteroatoms. The van der Waals surface area contributed by atoms with Gasteiger partial charge in [0.1, 0.15) is 5.69 Å². The fraction of sp³-hybridized carbons (Fsp3) is 0.158. The van der Waals surface area contributed by atoms with Gasteiger partial charge >= 0.3 is 11.9 Å². The largest absolute Gasteiger partial charge is 0.467 e. The Hall–Kier alpha value is -3.48. The van der Waals surface area contributed by atoms with Gasteiger partial charge < -0.3 is 14.0 Å². The summed E-state index contributed by atoms with van der Waals surface area (Å²) in [5.41, 5.74) is 2.18. The van der Waals surface area contributed by atoms with Crippen molar-refractivity contribution < 1.29 is 23.9 Å². The van der Waals surface area contributed by atoms with Crippen LogP contribution in [0.1, 0.15) is 22.2 Å². The van der Waals surface area contributed by atoms with Gasteiger partial charge in [-0.1, -0.05) is 18.2 Å². The number of rotatable bonds is 3. The van der Waals surface area contributed by atoms with Crippen molar-refractivity contribution in [1.82, 2.24) is 9.55 Å². The lowest BCUT2D eigenvalue weighted by molar-refractivity contribution is -0.146. The highest BCUT2D eigenvalue weighted by Gasteiger charge is 2.37. The van der Waals surface area contributed by atoms with Crippen LogP contribution in [0.15, 0.2) is 35.9 Å². The summed E-state index contributed by atoms with van der Waals surface area (Å²) in [5, 5.41) is 1.63. The highest BCUT2D eigenvalue weighted by molar-refractivity contribution is 6.15. The number of ether oxygens (including phenoxy) is 2. The van der Waals surface area contributed by atoms with E-state index in [1.54, 1.807) is 10.6 Å². The Labute approximate surface area is 147 Å². The molecule has 0 aliphatic carbocycles. The first-order valence-corrected chi connectivity index (χ1v) is 7.87. The molecule has 1 unspecified atom stereocenters. The molecule has 1 aliphatic rings. The smallest absolute Gasteiger partial charge is 0.336 e. The van der Waals surface area contributed by atoms with Gasteiger partial charge in [0.2, 0.25) is 0 Å². The average Bonchev–Trinajstić information content (AvgIpc) is 3.02. The standard InChI is InChI=1S/C19H14N2O5/c1-25-18(23)13-8-14-16-12(7-10(9-22)20-14)11-5-3-4-6-15(11)21(16)17(13)19(24)26-2/h3-9,17H,1-2H3. The number of aromatic nitrogens is 2. The van der Waals surface area contributed by atoms with Crippen LogP contribution in [0.5, 0.6) is 0 Å². The van der Waals surface area contributed by atoms with Gasteiger partial charge in [-0.05, 0) is 18.2 Å². The second-order valence-corrected chi connectivity index (χ2v) is 5.85. The topological polar surface area (TPSA) is 87.5 Å². The molecule has 0 fully saturated rings. The van der Waals surface area contributed by atoms with Gasteiger partial charge in [-0.25, -0.2) is 14.6 Å². The number of pyridine rings is 1. The van der Waals surface area contributed by atoms with E-state index in [2.05, 4.69) is 4.98 Å². The molecule has 3 aromatic rings. The first-order valence-electron chi connectivity index (χ1n) is 7.87. The minimum Gasteiger partial charge on any atom is -0.467 e. The predicted molar refractivity (Wildman–Crippen MR) is 93.7 cm³/mol. The molecule has 130 valence electrons. The Morgan fingerprint density at radius 1 is 1.15 bits per heavy atom. The lowest BCUT2D eigenvalue weighted by Gasteiger charge is -2.24. The number of methoxy groups -OCH3 is 2. The van der Waals surface area contributed by atoms with Gasteiger partial charge in [-0.15, -0.1) is 0 Å². The van der Waals surface area contributed by atoms with Crippen molar-refractivity contribution in [3.63, 3.8) is 0 Å². The molecule has 3 heterocycles. The molecule has 26 heavy (non-hydrogen) atoms. The monoisotopic (exact) mass is 350 g/mol. The van der Waals surface area contributed by atoms with Crippen molar-refractivity contribution in [3.05, 3.63) is 47.3 Å². The van der Waals surface area contributed by atoms with Crippen molar-refractivity contribution in [2.75, 3.05) is 14.2 Å². The third-order valence-electron chi connectivity index (χ3n) is 4.55. The number of benzene rings is 1.